The first-order valence-electron chi connectivity index (χ1n) is 7.55. The second-order valence-corrected chi connectivity index (χ2v) is 5.90. The van der Waals surface area contributed by atoms with E-state index in [1.165, 1.54) is 5.56 Å². The highest BCUT2D eigenvalue weighted by atomic mass is 16.2. The van der Waals surface area contributed by atoms with E-state index in [0.717, 1.165) is 31.6 Å². The molecule has 1 aromatic heterocycles. The van der Waals surface area contributed by atoms with Crippen LogP contribution in [0.1, 0.15) is 51.1 Å². The fourth-order valence-corrected chi connectivity index (χ4v) is 2.76. The molecule has 0 saturated carbocycles. The van der Waals surface area contributed by atoms with Crippen molar-refractivity contribution in [2.24, 2.45) is 5.92 Å². The molecule has 2 heterocycles. The summed E-state index contributed by atoms with van der Waals surface area (Å²) < 4.78 is 0. The Kier molecular flexibility index (Phi) is 4.99. The lowest BCUT2D eigenvalue weighted by atomic mass is 10.0. The number of anilines is 1. The van der Waals surface area contributed by atoms with Crippen LogP contribution in [-0.4, -0.2) is 29.4 Å². The van der Waals surface area contributed by atoms with Crippen LogP contribution in [0, 0.1) is 5.92 Å². The van der Waals surface area contributed by atoms with Gasteiger partial charge in [0.05, 0.1) is 6.04 Å². The zero-order valence-electron chi connectivity index (χ0n) is 12.7. The fraction of sp³-hybridized carbons (Fsp3) is 0.625. The van der Waals surface area contributed by atoms with E-state index < -0.39 is 0 Å². The van der Waals surface area contributed by atoms with Crippen LogP contribution >= 0.6 is 0 Å². The summed E-state index contributed by atoms with van der Waals surface area (Å²) in [5.41, 5.74) is 1.19. The predicted octanol–water partition coefficient (Wildman–Crippen LogP) is 3.22. The van der Waals surface area contributed by atoms with Gasteiger partial charge in [0.25, 0.3) is 0 Å². The van der Waals surface area contributed by atoms with E-state index in [1.54, 1.807) is 0 Å². The number of pyridine rings is 1. The summed E-state index contributed by atoms with van der Waals surface area (Å²) in [6, 6.07) is 4.31. The molecule has 0 spiro atoms. The largest absolute Gasteiger partial charge is 0.373 e. The lowest BCUT2D eigenvalue weighted by molar-refractivity contribution is -0.132. The Morgan fingerprint density at radius 2 is 2.35 bits per heavy atom. The molecule has 1 fully saturated rings. The number of amides is 1. The Labute approximate surface area is 121 Å². The van der Waals surface area contributed by atoms with Gasteiger partial charge < -0.3 is 10.2 Å². The van der Waals surface area contributed by atoms with Crippen LogP contribution in [0.3, 0.4) is 0 Å². The number of likely N-dealkylation sites (tertiary alicyclic amines) is 1. The molecule has 0 aliphatic carbocycles. The topological polar surface area (TPSA) is 45.2 Å². The van der Waals surface area contributed by atoms with Crippen LogP contribution in [0.15, 0.2) is 18.3 Å². The molecular weight excluding hydrogens is 250 g/mol. The van der Waals surface area contributed by atoms with Crippen LogP contribution in [-0.2, 0) is 4.79 Å². The molecule has 0 unspecified atom stereocenters. The summed E-state index contributed by atoms with van der Waals surface area (Å²) in [5.74, 6) is 1.74. The molecule has 1 saturated heterocycles. The van der Waals surface area contributed by atoms with Gasteiger partial charge in [-0.2, -0.15) is 0 Å². The Balaban J connectivity index is 2.08. The maximum atomic E-state index is 12.4. The number of aromatic nitrogens is 1. The summed E-state index contributed by atoms with van der Waals surface area (Å²) in [7, 11) is 1.87. The number of rotatable bonds is 5. The molecule has 110 valence electrons. The first-order chi connectivity index (χ1) is 9.61. The van der Waals surface area contributed by atoms with E-state index in [2.05, 4.69) is 35.1 Å². The Morgan fingerprint density at radius 1 is 1.55 bits per heavy atom. The van der Waals surface area contributed by atoms with Gasteiger partial charge in [-0.05, 0) is 42.9 Å². The van der Waals surface area contributed by atoms with E-state index in [-0.39, 0.29) is 6.04 Å². The molecule has 1 aliphatic heterocycles. The molecule has 4 nitrogen and oxygen atoms in total. The average molecular weight is 275 g/mol. The first-order valence-corrected chi connectivity index (χ1v) is 7.55. The molecule has 0 aromatic carbocycles. The van der Waals surface area contributed by atoms with Crippen LogP contribution in [0.4, 0.5) is 5.82 Å². The SMILES string of the molecule is CNc1cc([C@@H]2CCCN2C(=O)CCC(C)C)ccn1. The summed E-state index contributed by atoms with van der Waals surface area (Å²) in [5, 5.41) is 3.06. The highest BCUT2D eigenvalue weighted by Crippen LogP contribution is 2.33. The first kappa shape index (κ1) is 14.8. The minimum atomic E-state index is 0.227. The zero-order valence-corrected chi connectivity index (χ0v) is 12.7. The molecule has 0 radical (unpaired) electrons. The Morgan fingerprint density at radius 3 is 3.05 bits per heavy atom. The molecule has 20 heavy (non-hydrogen) atoms. The van der Waals surface area contributed by atoms with Gasteiger partial charge in [-0.1, -0.05) is 13.8 Å². The monoisotopic (exact) mass is 275 g/mol. The van der Waals surface area contributed by atoms with Gasteiger partial charge >= 0.3 is 0 Å². The van der Waals surface area contributed by atoms with Crippen molar-refractivity contribution in [1.29, 1.82) is 0 Å². The maximum Gasteiger partial charge on any atom is 0.223 e. The number of nitrogens with one attached hydrogen (secondary N) is 1. The molecule has 1 N–H and O–H groups in total. The molecule has 1 atom stereocenters. The predicted molar refractivity (Wildman–Crippen MR) is 81.5 cm³/mol. The number of hydrogen-bond acceptors (Lipinski definition) is 3. The van der Waals surface area contributed by atoms with Gasteiger partial charge in [-0.3, -0.25) is 4.79 Å². The number of carbonyl (C=O) groups excluding carboxylic acids is 1. The van der Waals surface area contributed by atoms with Crippen LogP contribution < -0.4 is 5.32 Å². The molecule has 1 amide bonds. The van der Waals surface area contributed by atoms with Crippen molar-refractivity contribution in [3.8, 4) is 0 Å². The average Bonchev–Trinajstić information content (AvgIpc) is 2.94. The quantitative estimate of drug-likeness (QED) is 0.897. The van der Waals surface area contributed by atoms with Gasteiger partial charge in [-0.15, -0.1) is 0 Å². The molecule has 0 bridgehead atoms. The third-order valence-electron chi connectivity index (χ3n) is 3.93. The fourth-order valence-electron chi connectivity index (χ4n) is 2.76. The van der Waals surface area contributed by atoms with E-state index in [0.29, 0.717) is 18.2 Å². The Hall–Kier alpha value is -1.58. The maximum absolute atomic E-state index is 12.4. The van der Waals surface area contributed by atoms with Crippen molar-refractivity contribution < 1.29 is 4.79 Å². The summed E-state index contributed by atoms with van der Waals surface area (Å²) in [4.78, 5) is 18.7. The van der Waals surface area contributed by atoms with Gasteiger partial charge in [0.15, 0.2) is 0 Å². The van der Waals surface area contributed by atoms with Crippen molar-refractivity contribution in [1.82, 2.24) is 9.88 Å². The standard InChI is InChI=1S/C16H25N3O/c1-12(2)6-7-16(20)19-10-4-5-14(19)13-8-9-18-15(11-13)17-3/h8-9,11-12,14H,4-7,10H2,1-3H3,(H,17,18)/t14-/m0/s1. The van der Waals surface area contributed by atoms with Gasteiger partial charge in [0.1, 0.15) is 5.82 Å². The highest BCUT2D eigenvalue weighted by molar-refractivity contribution is 5.77. The summed E-state index contributed by atoms with van der Waals surface area (Å²) >= 11 is 0. The van der Waals surface area contributed by atoms with E-state index >= 15 is 0 Å². The minimum Gasteiger partial charge on any atom is -0.373 e. The van der Waals surface area contributed by atoms with Crippen molar-refractivity contribution in [2.45, 2.75) is 45.6 Å². The highest BCUT2D eigenvalue weighted by Gasteiger charge is 2.29. The second-order valence-electron chi connectivity index (χ2n) is 5.90. The lowest BCUT2D eigenvalue weighted by Gasteiger charge is -2.25. The van der Waals surface area contributed by atoms with Gasteiger partial charge in [-0.25, -0.2) is 4.98 Å². The van der Waals surface area contributed by atoms with E-state index in [4.69, 9.17) is 0 Å². The number of nitrogens with zero attached hydrogens (tertiary/aromatic N) is 2. The Bertz CT molecular complexity index is 459. The van der Waals surface area contributed by atoms with Crippen LogP contribution in [0.5, 0.6) is 0 Å². The lowest BCUT2D eigenvalue weighted by Crippen LogP contribution is -2.30. The second kappa shape index (κ2) is 6.73. The molecule has 4 heteroatoms. The summed E-state index contributed by atoms with van der Waals surface area (Å²) in [6.07, 6.45) is 5.60. The third kappa shape index (κ3) is 3.50. The van der Waals surface area contributed by atoms with Gasteiger partial charge in [0, 0.05) is 26.2 Å². The normalized spacial score (nSPS) is 18.6. The van der Waals surface area contributed by atoms with Crippen molar-refractivity contribution >= 4 is 11.7 Å². The minimum absolute atomic E-state index is 0.227. The summed E-state index contributed by atoms with van der Waals surface area (Å²) in [6.45, 7) is 5.21. The number of hydrogen-bond donors (Lipinski definition) is 1. The third-order valence-corrected chi connectivity index (χ3v) is 3.93. The van der Waals surface area contributed by atoms with Crippen LogP contribution in [0.2, 0.25) is 0 Å². The number of carbonyl (C=O) groups is 1. The smallest absolute Gasteiger partial charge is 0.223 e. The van der Waals surface area contributed by atoms with E-state index in [9.17, 15) is 4.79 Å². The van der Waals surface area contributed by atoms with Crippen molar-refractivity contribution in [3.05, 3.63) is 23.9 Å². The van der Waals surface area contributed by atoms with E-state index in [1.807, 2.05) is 19.3 Å². The van der Waals surface area contributed by atoms with Crippen molar-refractivity contribution in [3.63, 3.8) is 0 Å². The molecule has 2 rings (SSSR count). The molecule has 1 aromatic rings. The molecule has 1 aliphatic rings. The zero-order chi connectivity index (χ0) is 14.5. The molecular formula is C16H25N3O. The van der Waals surface area contributed by atoms with Crippen molar-refractivity contribution in [2.75, 3.05) is 18.9 Å². The van der Waals surface area contributed by atoms with Crippen LogP contribution in [0.25, 0.3) is 0 Å². The van der Waals surface area contributed by atoms with Gasteiger partial charge in [0.2, 0.25) is 5.91 Å².